The fraction of sp³-hybridized carbons (Fsp3) is 0.500. The summed E-state index contributed by atoms with van der Waals surface area (Å²) in [5.74, 6) is -1.42. The molecule has 4 unspecified atom stereocenters. The van der Waals surface area contributed by atoms with E-state index in [0.717, 1.165) is 11.3 Å². The Bertz CT molecular complexity index is 739. The van der Waals surface area contributed by atoms with Gasteiger partial charge in [-0.2, -0.15) is 0 Å². The highest BCUT2D eigenvalue weighted by molar-refractivity contribution is 5.88. The molecule has 0 bridgehead atoms. The van der Waals surface area contributed by atoms with Crippen LogP contribution in [0.15, 0.2) is 30.3 Å². The third kappa shape index (κ3) is 4.89. The monoisotopic (exact) mass is 392 g/mol. The number of fused-ring (bicyclic) bond motifs is 1. The van der Waals surface area contributed by atoms with Gasteiger partial charge in [0.2, 0.25) is 0 Å². The Morgan fingerprint density at radius 2 is 1.89 bits per heavy atom. The van der Waals surface area contributed by atoms with Gasteiger partial charge in [0.15, 0.2) is 30.9 Å². The van der Waals surface area contributed by atoms with Crippen LogP contribution in [0, 0.1) is 0 Å². The highest BCUT2D eigenvalue weighted by Gasteiger charge is 2.55. The number of ether oxygens (including phenoxy) is 6. The molecule has 3 rings (SSSR count). The lowest BCUT2D eigenvalue weighted by atomic mass is 10.1. The van der Waals surface area contributed by atoms with Gasteiger partial charge >= 0.3 is 11.9 Å². The molecule has 0 saturated carbocycles. The third-order valence-electron chi connectivity index (χ3n) is 4.35. The van der Waals surface area contributed by atoms with Crippen molar-refractivity contribution in [1.82, 2.24) is 0 Å². The highest BCUT2D eigenvalue weighted by atomic mass is 16.8. The van der Waals surface area contributed by atoms with Crippen molar-refractivity contribution in [2.45, 2.75) is 51.2 Å². The van der Waals surface area contributed by atoms with Crippen LogP contribution in [0.1, 0.15) is 26.3 Å². The zero-order valence-corrected chi connectivity index (χ0v) is 16.2. The summed E-state index contributed by atoms with van der Waals surface area (Å²) in [5, 5.41) is 0. The topological polar surface area (TPSA) is 89.5 Å². The second-order valence-electron chi connectivity index (χ2n) is 6.98. The lowest BCUT2D eigenvalue weighted by molar-refractivity contribution is -0.217. The maximum Gasteiger partial charge on any atom is 0.344 e. The molecule has 0 radical (unpaired) electrons. The van der Waals surface area contributed by atoms with Crippen LogP contribution in [-0.4, -0.2) is 56.0 Å². The lowest BCUT2D eigenvalue weighted by Gasteiger charge is -2.23. The first-order valence-corrected chi connectivity index (χ1v) is 8.97. The molecule has 1 aromatic rings. The summed E-state index contributed by atoms with van der Waals surface area (Å²) in [4.78, 5) is 23.9. The smallest absolute Gasteiger partial charge is 0.344 e. The quantitative estimate of drug-likeness (QED) is 0.537. The summed E-state index contributed by atoms with van der Waals surface area (Å²) >= 11 is 0. The van der Waals surface area contributed by atoms with Crippen molar-refractivity contribution in [3.05, 3.63) is 35.9 Å². The second-order valence-corrected chi connectivity index (χ2v) is 6.98. The van der Waals surface area contributed by atoms with E-state index in [1.807, 2.05) is 0 Å². The number of rotatable bonds is 6. The summed E-state index contributed by atoms with van der Waals surface area (Å²) in [5.41, 5.74) is 0.796. The SMILES string of the molecule is COc1ccc(/C=C/C(=O)OCC(=O)OC2C(C)OC3OC(C)(C)OC32)cc1. The Morgan fingerprint density at radius 1 is 1.18 bits per heavy atom. The van der Waals surface area contributed by atoms with Gasteiger partial charge in [0.05, 0.1) is 13.2 Å². The molecule has 0 amide bonds. The molecule has 2 aliphatic heterocycles. The first-order valence-electron chi connectivity index (χ1n) is 8.97. The Labute approximate surface area is 163 Å². The van der Waals surface area contributed by atoms with Crippen LogP contribution in [0.3, 0.4) is 0 Å². The van der Waals surface area contributed by atoms with Crippen LogP contribution in [0.25, 0.3) is 6.08 Å². The minimum atomic E-state index is -0.807. The van der Waals surface area contributed by atoms with Crippen molar-refractivity contribution in [2.75, 3.05) is 13.7 Å². The fourth-order valence-electron chi connectivity index (χ4n) is 3.05. The van der Waals surface area contributed by atoms with E-state index in [2.05, 4.69) is 0 Å². The molecular formula is C20H24O8. The number of hydrogen-bond donors (Lipinski definition) is 0. The summed E-state index contributed by atoms with van der Waals surface area (Å²) in [6, 6.07) is 7.13. The van der Waals surface area contributed by atoms with Gasteiger partial charge in [0.25, 0.3) is 0 Å². The van der Waals surface area contributed by atoms with Crippen molar-refractivity contribution in [3.63, 3.8) is 0 Å². The number of methoxy groups -OCH3 is 1. The zero-order chi connectivity index (χ0) is 20.3. The normalized spacial score (nSPS) is 28.1. The van der Waals surface area contributed by atoms with Crippen molar-refractivity contribution in [3.8, 4) is 5.75 Å². The Balaban J connectivity index is 1.46. The minimum Gasteiger partial charge on any atom is -0.497 e. The molecular weight excluding hydrogens is 368 g/mol. The van der Waals surface area contributed by atoms with E-state index in [9.17, 15) is 9.59 Å². The molecule has 2 saturated heterocycles. The van der Waals surface area contributed by atoms with Crippen molar-refractivity contribution < 1.29 is 38.0 Å². The number of esters is 2. The van der Waals surface area contributed by atoms with Crippen LogP contribution in [-0.2, 0) is 33.3 Å². The molecule has 2 aliphatic rings. The molecule has 0 aliphatic carbocycles. The molecule has 4 atom stereocenters. The van der Waals surface area contributed by atoms with Gasteiger partial charge in [0, 0.05) is 6.08 Å². The molecule has 0 spiro atoms. The Morgan fingerprint density at radius 3 is 2.57 bits per heavy atom. The average Bonchev–Trinajstić information content (AvgIpc) is 3.10. The van der Waals surface area contributed by atoms with E-state index < -0.39 is 42.8 Å². The van der Waals surface area contributed by atoms with Crippen LogP contribution >= 0.6 is 0 Å². The first-order chi connectivity index (χ1) is 13.3. The van der Waals surface area contributed by atoms with Gasteiger partial charge in [0.1, 0.15) is 5.75 Å². The van der Waals surface area contributed by atoms with Gasteiger partial charge < -0.3 is 28.4 Å². The van der Waals surface area contributed by atoms with Crippen molar-refractivity contribution in [2.24, 2.45) is 0 Å². The summed E-state index contributed by atoms with van der Waals surface area (Å²) in [7, 11) is 1.58. The zero-order valence-electron chi connectivity index (χ0n) is 16.2. The highest BCUT2D eigenvalue weighted by Crippen LogP contribution is 2.38. The van der Waals surface area contributed by atoms with Crippen LogP contribution < -0.4 is 4.74 Å². The average molecular weight is 392 g/mol. The fourth-order valence-corrected chi connectivity index (χ4v) is 3.05. The van der Waals surface area contributed by atoms with E-state index in [4.69, 9.17) is 28.4 Å². The van der Waals surface area contributed by atoms with Gasteiger partial charge in [-0.3, -0.25) is 0 Å². The summed E-state index contributed by atoms with van der Waals surface area (Å²) in [6.45, 7) is 4.78. The molecule has 28 heavy (non-hydrogen) atoms. The molecule has 2 fully saturated rings. The van der Waals surface area contributed by atoms with E-state index in [0.29, 0.717) is 0 Å². The van der Waals surface area contributed by atoms with E-state index >= 15 is 0 Å². The van der Waals surface area contributed by atoms with Gasteiger partial charge in [-0.1, -0.05) is 12.1 Å². The maximum atomic E-state index is 12.1. The van der Waals surface area contributed by atoms with Crippen LogP contribution in [0.2, 0.25) is 0 Å². The third-order valence-corrected chi connectivity index (χ3v) is 4.35. The number of carbonyl (C=O) groups is 2. The maximum absolute atomic E-state index is 12.1. The van der Waals surface area contributed by atoms with Crippen molar-refractivity contribution >= 4 is 18.0 Å². The van der Waals surface area contributed by atoms with Crippen LogP contribution in [0.4, 0.5) is 0 Å². The minimum absolute atomic E-state index is 0.388. The van der Waals surface area contributed by atoms with Gasteiger partial charge in [-0.05, 0) is 44.5 Å². The van der Waals surface area contributed by atoms with E-state index in [-0.39, 0.29) is 6.10 Å². The molecule has 2 heterocycles. The van der Waals surface area contributed by atoms with Crippen LogP contribution in [0.5, 0.6) is 5.75 Å². The number of hydrogen-bond acceptors (Lipinski definition) is 8. The van der Waals surface area contributed by atoms with Gasteiger partial charge in [-0.25, -0.2) is 9.59 Å². The lowest BCUT2D eigenvalue weighted by Crippen LogP contribution is -2.38. The molecule has 1 aromatic carbocycles. The predicted molar refractivity (Wildman–Crippen MR) is 97.2 cm³/mol. The molecule has 152 valence electrons. The van der Waals surface area contributed by atoms with E-state index in [1.54, 1.807) is 58.2 Å². The largest absolute Gasteiger partial charge is 0.497 e. The standard InChI is InChI=1S/C20H24O8/c1-12-17(18-19(25-12)28-20(2,3)27-18)26-16(22)11-24-15(21)10-7-13-5-8-14(23-4)9-6-13/h5-10,12,17-19H,11H2,1-4H3/b10-7+. The van der Waals surface area contributed by atoms with E-state index in [1.165, 1.54) is 6.08 Å². The molecule has 8 nitrogen and oxygen atoms in total. The second kappa shape index (κ2) is 8.30. The number of benzene rings is 1. The Kier molecular flexibility index (Phi) is 6.02. The van der Waals surface area contributed by atoms with Gasteiger partial charge in [-0.15, -0.1) is 0 Å². The predicted octanol–water partition coefficient (Wildman–Crippen LogP) is 2.06. The molecule has 8 heteroatoms. The summed E-state index contributed by atoms with van der Waals surface area (Å²) in [6.07, 6.45) is 0.699. The first kappa shape index (κ1) is 20.3. The molecule has 0 aromatic heterocycles. The van der Waals surface area contributed by atoms with Crippen molar-refractivity contribution in [1.29, 1.82) is 0 Å². The summed E-state index contributed by atoms with van der Waals surface area (Å²) < 4.78 is 32.3. The molecule has 0 N–H and O–H groups in total. The Hall–Kier alpha value is -2.42. The number of carbonyl (C=O) groups excluding carboxylic acids is 2.